The SMILES string of the molecule is C[I-]N1CCNCCNCC(Cc2ccccc2)NCC1. The second-order valence-electron chi connectivity index (χ2n) is 5.37. The van der Waals surface area contributed by atoms with Gasteiger partial charge >= 0.3 is 140 Å². The number of benzene rings is 1. The first kappa shape index (κ1) is 17.1. The van der Waals surface area contributed by atoms with Gasteiger partial charge in [0.05, 0.1) is 0 Å². The third-order valence-electron chi connectivity index (χ3n) is 3.75. The molecule has 2 rings (SSSR count). The van der Waals surface area contributed by atoms with Crippen LogP contribution in [0.25, 0.3) is 0 Å². The number of nitrogens with zero attached hydrogens (tertiary/aromatic N) is 1. The van der Waals surface area contributed by atoms with E-state index in [0.717, 1.165) is 39.1 Å². The molecule has 0 radical (unpaired) electrons. The van der Waals surface area contributed by atoms with Crippen molar-refractivity contribution in [2.45, 2.75) is 12.5 Å². The van der Waals surface area contributed by atoms with E-state index < -0.39 is 0 Å². The number of hydrogen-bond donors (Lipinski definition) is 3. The first-order valence-electron chi connectivity index (χ1n) is 7.82. The van der Waals surface area contributed by atoms with Crippen molar-refractivity contribution in [3.63, 3.8) is 0 Å². The molecule has 120 valence electrons. The summed E-state index contributed by atoms with van der Waals surface area (Å²) >= 11 is 0.194. The molecule has 0 amide bonds. The van der Waals surface area contributed by atoms with E-state index in [1.54, 1.807) is 0 Å². The van der Waals surface area contributed by atoms with E-state index >= 15 is 0 Å². The van der Waals surface area contributed by atoms with Crippen molar-refractivity contribution >= 4 is 0 Å². The van der Waals surface area contributed by atoms with E-state index in [1.807, 2.05) is 0 Å². The van der Waals surface area contributed by atoms with Gasteiger partial charge in [-0.1, -0.05) is 0 Å². The van der Waals surface area contributed by atoms with Crippen LogP contribution in [0, 0.1) is 0 Å². The van der Waals surface area contributed by atoms with Gasteiger partial charge in [-0.3, -0.25) is 0 Å². The third kappa shape index (κ3) is 7.06. The monoisotopic (exact) mass is 403 g/mol. The Bertz CT molecular complexity index is 374. The van der Waals surface area contributed by atoms with Gasteiger partial charge in [0.1, 0.15) is 0 Å². The molecule has 1 aliphatic heterocycles. The molecule has 5 heteroatoms. The van der Waals surface area contributed by atoms with E-state index in [2.05, 4.69) is 54.3 Å². The molecule has 0 aliphatic carbocycles. The van der Waals surface area contributed by atoms with Gasteiger partial charge in [-0.05, 0) is 0 Å². The van der Waals surface area contributed by atoms with Gasteiger partial charge < -0.3 is 0 Å². The molecule has 0 aromatic heterocycles. The normalized spacial score (nSPS) is 23.4. The van der Waals surface area contributed by atoms with Crippen molar-refractivity contribution in [2.75, 3.05) is 50.7 Å². The maximum atomic E-state index is 3.74. The Morgan fingerprint density at radius 2 is 1.81 bits per heavy atom. The summed E-state index contributed by atoms with van der Waals surface area (Å²) < 4.78 is 2.62. The van der Waals surface area contributed by atoms with Crippen LogP contribution in [-0.4, -0.2) is 59.9 Å². The van der Waals surface area contributed by atoms with Crippen LogP contribution in [0.15, 0.2) is 30.3 Å². The van der Waals surface area contributed by atoms with E-state index in [0.29, 0.717) is 6.04 Å². The predicted octanol–water partition coefficient (Wildman–Crippen LogP) is -2.68. The number of nitrogens with one attached hydrogen (secondary N) is 3. The molecular formula is C16H28IN4-. The average molecular weight is 403 g/mol. The Morgan fingerprint density at radius 1 is 1.05 bits per heavy atom. The van der Waals surface area contributed by atoms with Crippen LogP contribution in [0.1, 0.15) is 5.56 Å². The zero-order chi connectivity index (χ0) is 14.8. The van der Waals surface area contributed by atoms with Crippen LogP contribution < -0.4 is 37.4 Å². The van der Waals surface area contributed by atoms with Crippen molar-refractivity contribution in [1.29, 1.82) is 0 Å². The van der Waals surface area contributed by atoms with E-state index in [-0.39, 0.29) is 21.5 Å². The first-order chi connectivity index (χ1) is 10.4. The Kier molecular flexibility index (Phi) is 8.58. The summed E-state index contributed by atoms with van der Waals surface area (Å²) in [5, 5.41) is 10.8. The van der Waals surface area contributed by atoms with Crippen molar-refractivity contribution < 1.29 is 21.5 Å². The van der Waals surface area contributed by atoms with Crippen LogP contribution in [-0.2, 0) is 6.42 Å². The van der Waals surface area contributed by atoms with Crippen LogP contribution in [0.2, 0.25) is 0 Å². The molecular weight excluding hydrogens is 375 g/mol. The standard InChI is InChI=1S/C16H28IN4/c1-17-21-11-9-18-7-8-19-14-16(20-10-12-21)13-15-5-3-2-4-6-15/h2-6,16,18-20H,7-14H2,1H3/q-1. The molecule has 0 spiro atoms. The molecule has 0 saturated carbocycles. The molecule has 1 heterocycles. The van der Waals surface area contributed by atoms with Crippen molar-refractivity contribution in [3.05, 3.63) is 35.9 Å². The minimum atomic E-state index is 0.194. The molecule has 1 atom stereocenters. The molecule has 1 aliphatic rings. The van der Waals surface area contributed by atoms with Crippen LogP contribution in [0.4, 0.5) is 0 Å². The summed E-state index contributed by atoms with van der Waals surface area (Å²) in [4.78, 5) is 2.35. The summed E-state index contributed by atoms with van der Waals surface area (Å²) in [6, 6.07) is 11.3. The van der Waals surface area contributed by atoms with Gasteiger partial charge in [-0.15, -0.1) is 0 Å². The maximum absolute atomic E-state index is 3.74. The molecule has 3 N–H and O–H groups in total. The van der Waals surface area contributed by atoms with Gasteiger partial charge in [0, 0.05) is 0 Å². The Hall–Kier alpha value is -0.210. The molecule has 1 aromatic carbocycles. The Balaban J connectivity index is 1.85. The predicted molar refractivity (Wildman–Crippen MR) is 85.2 cm³/mol. The van der Waals surface area contributed by atoms with Crippen LogP contribution >= 0.6 is 0 Å². The van der Waals surface area contributed by atoms with Gasteiger partial charge in [-0.25, -0.2) is 0 Å². The minimum absolute atomic E-state index is 0.194. The van der Waals surface area contributed by atoms with E-state index in [1.165, 1.54) is 18.7 Å². The third-order valence-corrected chi connectivity index (χ3v) is 6.08. The fourth-order valence-corrected chi connectivity index (χ4v) is 4.01. The van der Waals surface area contributed by atoms with Crippen molar-refractivity contribution in [2.24, 2.45) is 0 Å². The second kappa shape index (κ2) is 10.5. The molecule has 1 unspecified atom stereocenters. The Morgan fingerprint density at radius 3 is 2.62 bits per heavy atom. The molecule has 1 fully saturated rings. The number of alkyl halides is 1. The fraction of sp³-hybridized carbons (Fsp3) is 0.625. The summed E-state index contributed by atoms with van der Waals surface area (Å²) in [7, 11) is 0. The molecule has 1 aromatic rings. The summed E-state index contributed by atoms with van der Waals surface area (Å²) in [5.74, 6) is 0. The number of rotatable bonds is 3. The Labute approximate surface area is 139 Å². The zero-order valence-electron chi connectivity index (χ0n) is 12.9. The molecule has 0 bridgehead atoms. The average Bonchev–Trinajstić information content (AvgIpc) is 2.51. The topological polar surface area (TPSA) is 39.3 Å². The van der Waals surface area contributed by atoms with Crippen molar-refractivity contribution in [1.82, 2.24) is 19.1 Å². The number of halogens is 1. The van der Waals surface area contributed by atoms with Gasteiger partial charge in [0.2, 0.25) is 0 Å². The molecule has 21 heavy (non-hydrogen) atoms. The quantitative estimate of drug-likeness (QED) is 0.292. The molecule has 1 saturated heterocycles. The van der Waals surface area contributed by atoms with Gasteiger partial charge in [-0.2, -0.15) is 0 Å². The van der Waals surface area contributed by atoms with E-state index in [4.69, 9.17) is 0 Å². The summed E-state index contributed by atoms with van der Waals surface area (Å²) in [6.07, 6.45) is 1.10. The number of hydrogen-bond acceptors (Lipinski definition) is 4. The molecule has 4 nitrogen and oxygen atoms in total. The summed E-state index contributed by atoms with van der Waals surface area (Å²) in [5.41, 5.74) is 1.42. The first-order valence-corrected chi connectivity index (χ1v) is 10.9. The fourth-order valence-electron chi connectivity index (χ4n) is 2.56. The van der Waals surface area contributed by atoms with Gasteiger partial charge in [0.15, 0.2) is 0 Å². The van der Waals surface area contributed by atoms with Gasteiger partial charge in [0.25, 0.3) is 0 Å². The van der Waals surface area contributed by atoms with E-state index in [9.17, 15) is 0 Å². The van der Waals surface area contributed by atoms with Crippen LogP contribution in [0.3, 0.4) is 0 Å². The summed E-state index contributed by atoms with van der Waals surface area (Å²) in [6.45, 7) is 7.72. The zero-order valence-corrected chi connectivity index (χ0v) is 15.1. The van der Waals surface area contributed by atoms with Crippen LogP contribution in [0.5, 0.6) is 0 Å². The van der Waals surface area contributed by atoms with Crippen molar-refractivity contribution in [3.8, 4) is 0 Å². The second-order valence-corrected chi connectivity index (χ2v) is 7.70.